The maximum atomic E-state index is 2.32. The van der Waals surface area contributed by atoms with Gasteiger partial charge in [-0.25, -0.2) is 0 Å². The Balaban J connectivity index is 2.04. The molecule has 0 spiro atoms. The number of benzene rings is 2. The third-order valence-corrected chi connectivity index (χ3v) is 3.70. The number of aryl methyl sites for hydroxylation is 2. The van der Waals surface area contributed by atoms with Crippen molar-refractivity contribution in [2.24, 2.45) is 0 Å². The topological polar surface area (TPSA) is 8.17 Å². The summed E-state index contributed by atoms with van der Waals surface area (Å²) in [6.45, 7) is 5.14. The van der Waals surface area contributed by atoms with Gasteiger partial charge in [0.2, 0.25) is 0 Å². The molecular formula is C19H20N2. The maximum absolute atomic E-state index is 2.32. The van der Waals surface area contributed by atoms with Crippen LogP contribution in [0.15, 0.2) is 72.8 Å². The second-order valence-electron chi connectivity index (χ2n) is 5.31. The van der Waals surface area contributed by atoms with Crippen LogP contribution in [-0.4, -0.2) is 4.68 Å². The molecule has 2 aromatic carbocycles. The van der Waals surface area contributed by atoms with E-state index in [2.05, 4.69) is 96.3 Å². The van der Waals surface area contributed by atoms with Gasteiger partial charge in [-0.3, -0.25) is 9.69 Å². The van der Waals surface area contributed by atoms with Gasteiger partial charge in [0.15, 0.2) is 0 Å². The highest BCUT2D eigenvalue weighted by atomic mass is 15.6. The molecule has 0 saturated heterocycles. The fourth-order valence-electron chi connectivity index (χ4n) is 2.68. The monoisotopic (exact) mass is 276 g/mol. The largest absolute Gasteiger partial charge is 0.277 e. The van der Waals surface area contributed by atoms with Gasteiger partial charge in [0.1, 0.15) is 0 Å². The Kier molecular flexibility index (Phi) is 3.78. The highest BCUT2D eigenvalue weighted by Crippen LogP contribution is 2.21. The Morgan fingerprint density at radius 3 is 1.81 bits per heavy atom. The first kappa shape index (κ1) is 13.5. The van der Waals surface area contributed by atoms with Gasteiger partial charge in [-0.15, -0.1) is 0 Å². The molecule has 2 heteroatoms. The second-order valence-corrected chi connectivity index (χ2v) is 5.31. The van der Waals surface area contributed by atoms with Crippen molar-refractivity contribution in [3.63, 3.8) is 0 Å². The van der Waals surface area contributed by atoms with E-state index < -0.39 is 0 Å². The number of hydrogen-bond acceptors (Lipinski definition) is 1. The molecule has 0 atom stereocenters. The molecule has 3 aromatic rings. The van der Waals surface area contributed by atoms with Crippen molar-refractivity contribution in [1.82, 2.24) is 4.68 Å². The maximum Gasteiger partial charge on any atom is 0.0650 e. The Bertz CT molecular complexity index is 679. The van der Waals surface area contributed by atoms with Crippen molar-refractivity contribution in [3.05, 3.63) is 89.7 Å². The zero-order valence-corrected chi connectivity index (χ0v) is 12.5. The van der Waals surface area contributed by atoms with Gasteiger partial charge in [0.25, 0.3) is 0 Å². The Hall–Kier alpha value is -2.48. The first-order chi connectivity index (χ1) is 10.3. The normalized spacial score (nSPS) is 10.6. The number of nitrogens with zero attached hydrogens (tertiary/aromatic N) is 2. The molecular weight excluding hydrogens is 256 g/mol. The predicted octanol–water partition coefficient (Wildman–Crippen LogP) is 4.57. The molecule has 0 N–H and O–H groups in total. The van der Waals surface area contributed by atoms with E-state index in [0.29, 0.717) is 0 Å². The molecule has 0 unspecified atom stereocenters. The quantitative estimate of drug-likeness (QED) is 0.677. The van der Waals surface area contributed by atoms with Gasteiger partial charge in [0.05, 0.1) is 12.2 Å². The Labute approximate surface area is 126 Å². The summed E-state index contributed by atoms with van der Waals surface area (Å²) in [4.78, 5) is 0. The fraction of sp³-hybridized carbons (Fsp3) is 0.158. The highest BCUT2D eigenvalue weighted by Gasteiger charge is 2.13. The lowest BCUT2D eigenvalue weighted by atomic mass is 10.2. The lowest BCUT2D eigenvalue weighted by Crippen LogP contribution is -2.30. The number of rotatable bonds is 4. The zero-order chi connectivity index (χ0) is 14.7. The lowest BCUT2D eigenvalue weighted by Gasteiger charge is -2.29. The van der Waals surface area contributed by atoms with E-state index in [9.17, 15) is 0 Å². The zero-order valence-electron chi connectivity index (χ0n) is 12.5. The van der Waals surface area contributed by atoms with Crippen molar-refractivity contribution < 1.29 is 0 Å². The van der Waals surface area contributed by atoms with Crippen LogP contribution in [0.1, 0.15) is 17.0 Å². The summed E-state index contributed by atoms with van der Waals surface area (Å²) in [5, 5.41) is 2.32. The first-order valence-corrected chi connectivity index (χ1v) is 7.27. The van der Waals surface area contributed by atoms with E-state index in [0.717, 1.165) is 6.54 Å². The summed E-state index contributed by atoms with van der Waals surface area (Å²) >= 11 is 0. The molecule has 0 aliphatic heterocycles. The van der Waals surface area contributed by atoms with E-state index in [4.69, 9.17) is 0 Å². The summed E-state index contributed by atoms with van der Waals surface area (Å²) in [6.07, 6.45) is 0. The number of aromatic nitrogens is 1. The predicted molar refractivity (Wildman–Crippen MR) is 88.4 cm³/mol. The summed E-state index contributed by atoms with van der Waals surface area (Å²) in [6, 6.07) is 25.4. The number of para-hydroxylation sites is 1. The summed E-state index contributed by atoms with van der Waals surface area (Å²) in [5.41, 5.74) is 4.98. The van der Waals surface area contributed by atoms with Crippen LogP contribution in [0.5, 0.6) is 0 Å². The average Bonchev–Trinajstić information content (AvgIpc) is 2.86. The van der Waals surface area contributed by atoms with Crippen molar-refractivity contribution in [1.29, 1.82) is 0 Å². The Morgan fingerprint density at radius 1 is 0.714 bits per heavy atom. The van der Waals surface area contributed by atoms with Crippen LogP contribution in [0.2, 0.25) is 0 Å². The molecule has 0 aliphatic rings. The SMILES string of the molecule is Cc1ccc(C)n1N(Cc1ccccc1)c1ccccc1. The molecule has 0 aliphatic carbocycles. The van der Waals surface area contributed by atoms with Gasteiger partial charge in [-0.05, 0) is 43.7 Å². The Morgan fingerprint density at radius 2 is 1.24 bits per heavy atom. The molecule has 21 heavy (non-hydrogen) atoms. The van der Waals surface area contributed by atoms with Crippen LogP contribution in [0.25, 0.3) is 0 Å². The fourth-order valence-corrected chi connectivity index (χ4v) is 2.68. The van der Waals surface area contributed by atoms with Crippen molar-refractivity contribution in [2.45, 2.75) is 20.4 Å². The minimum atomic E-state index is 0.848. The number of hydrogen-bond donors (Lipinski definition) is 0. The molecule has 0 saturated carbocycles. The lowest BCUT2D eigenvalue weighted by molar-refractivity contribution is 0.658. The van der Waals surface area contributed by atoms with Gasteiger partial charge < -0.3 is 0 Å². The molecule has 1 heterocycles. The second kappa shape index (κ2) is 5.88. The van der Waals surface area contributed by atoms with E-state index in [-0.39, 0.29) is 0 Å². The molecule has 1 aromatic heterocycles. The van der Waals surface area contributed by atoms with Crippen molar-refractivity contribution in [2.75, 3.05) is 5.01 Å². The first-order valence-electron chi connectivity index (χ1n) is 7.27. The van der Waals surface area contributed by atoms with Crippen molar-refractivity contribution >= 4 is 5.69 Å². The van der Waals surface area contributed by atoms with Crippen molar-refractivity contribution in [3.8, 4) is 0 Å². The van der Waals surface area contributed by atoms with E-state index in [1.54, 1.807) is 0 Å². The van der Waals surface area contributed by atoms with E-state index in [1.807, 2.05) is 0 Å². The van der Waals surface area contributed by atoms with Crippen LogP contribution in [0.3, 0.4) is 0 Å². The third-order valence-electron chi connectivity index (χ3n) is 3.70. The summed E-state index contributed by atoms with van der Waals surface area (Å²) in [5.74, 6) is 0. The number of anilines is 1. The van der Waals surface area contributed by atoms with Gasteiger partial charge in [0, 0.05) is 11.4 Å². The van der Waals surface area contributed by atoms with Crippen LogP contribution in [0.4, 0.5) is 5.69 Å². The molecule has 0 bridgehead atoms. The smallest absolute Gasteiger partial charge is 0.0650 e. The van der Waals surface area contributed by atoms with Crippen LogP contribution < -0.4 is 5.01 Å². The molecule has 3 rings (SSSR count). The molecule has 0 fully saturated rings. The standard InChI is InChI=1S/C19H20N2/c1-16-13-14-17(2)21(16)20(19-11-7-4-8-12-19)15-18-9-5-3-6-10-18/h3-14H,15H2,1-2H3. The highest BCUT2D eigenvalue weighted by molar-refractivity contribution is 5.47. The molecule has 2 nitrogen and oxygen atoms in total. The van der Waals surface area contributed by atoms with Gasteiger partial charge in [-0.2, -0.15) is 0 Å². The third kappa shape index (κ3) is 2.84. The molecule has 0 amide bonds. The molecule has 106 valence electrons. The van der Waals surface area contributed by atoms with Crippen LogP contribution in [0, 0.1) is 13.8 Å². The van der Waals surface area contributed by atoms with E-state index >= 15 is 0 Å². The average molecular weight is 276 g/mol. The van der Waals surface area contributed by atoms with Crippen LogP contribution >= 0.6 is 0 Å². The molecule has 0 radical (unpaired) electrons. The van der Waals surface area contributed by atoms with Crippen LogP contribution in [-0.2, 0) is 6.54 Å². The summed E-state index contributed by atoms with van der Waals surface area (Å²) < 4.78 is 2.28. The minimum absolute atomic E-state index is 0.848. The van der Waals surface area contributed by atoms with Gasteiger partial charge >= 0.3 is 0 Å². The minimum Gasteiger partial charge on any atom is -0.277 e. The van der Waals surface area contributed by atoms with Gasteiger partial charge in [-0.1, -0.05) is 48.5 Å². The van der Waals surface area contributed by atoms with E-state index in [1.165, 1.54) is 22.6 Å². The summed E-state index contributed by atoms with van der Waals surface area (Å²) in [7, 11) is 0.